The average molecular weight is 371 g/mol. The Kier molecular flexibility index (Phi) is 4.47. The van der Waals surface area contributed by atoms with Gasteiger partial charge in [-0.15, -0.1) is 0 Å². The number of benzene rings is 2. The number of carbonyl (C=O) groups is 1. The lowest BCUT2D eigenvalue weighted by molar-refractivity contribution is -0.134. The number of amides is 1. The Balaban J connectivity index is 1.45. The van der Waals surface area contributed by atoms with Gasteiger partial charge in [-0.1, -0.05) is 11.6 Å². The second-order valence-corrected chi connectivity index (χ2v) is 6.74. The molecule has 1 aromatic heterocycles. The molecular weight excluding hydrogens is 352 g/mol. The van der Waals surface area contributed by atoms with Crippen molar-refractivity contribution in [1.29, 1.82) is 0 Å². The zero-order valence-corrected chi connectivity index (χ0v) is 15.2. The molecule has 5 nitrogen and oxygen atoms in total. The van der Waals surface area contributed by atoms with E-state index in [4.69, 9.17) is 21.1 Å². The number of hydrogen-bond acceptors (Lipinski definition) is 3. The minimum Gasteiger partial charge on any atom is -0.497 e. The van der Waals surface area contributed by atoms with E-state index >= 15 is 0 Å². The highest BCUT2D eigenvalue weighted by Crippen LogP contribution is 2.30. The summed E-state index contributed by atoms with van der Waals surface area (Å²) in [7, 11) is 1.67. The molecule has 0 bridgehead atoms. The SMILES string of the molecule is COc1ccc2[nH]c3c(c2c1)CCN(C(=O)COc1ccc(Cl)cc1)C3. The fourth-order valence-electron chi connectivity index (χ4n) is 3.33. The summed E-state index contributed by atoms with van der Waals surface area (Å²) in [5, 5.41) is 1.81. The van der Waals surface area contributed by atoms with E-state index in [0.29, 0.717) is 23.9 Å². The van der Waals surface area contributed by atoms with Crippen molar-refractivity contribution in [2.75, 3.05) is 20.3 Å². The zero-order chi connectivity index (χ0) is 18.1. The van der Waals surface area contributed by atoms with Crippen LogP contribution in [0.15, 0.2) is 42.5 Å². The van der Waals surface area contributed by atoms with Gasteiger partial charge in [0.05, 0.1) is 13.7 Å². The molecule has 2 heterocycles. The minimum atomic E-state index is -0.0261. The first-order valence-corrected chi connectivity index (χ1v) is 8.85. The number of fused-ring (bicyclic) bond motifs is 3. The van der Waals surface area contributed by atoms with Crippen molar-refractivity contribution >= 4 is 28.4 Å². The zero-order valence-electron chi connectivity index (χ0n) is 14.4. The molecule has 0 fully saturated rings. The van der Waals surface area contributed by atoms with Crippen LogP contribution in [0, 0.1) is 0 Å². The smallest absolute Gasteiger partial charge is 0.260 e. The summed E-state index contributed by atoms with van der Waals surface area (Å²) in [6.45, 7) is 1.26. The Morgan fingerprint density at radius 3 is 2.73 bits per heavy atom. The molecule has 0 radical (unpaired) electrons. The lowest BCUT2D eigenvalue weighted by Gasteiger charge is -2.27. The first kappa shape index (κ1) is 16.8. The van der Waals surface area contributed by atoms with E-state index in [1.807, 2.05) is 23.1 Å². The molecule has 0 atom stereocenters. The highest BCUT2D eigenvalue weighted by molar-refractivity contribution is 6.30. The van der Waals surface area contributed by atoms with Crippen molar-refractivity contribution in [3.05, 3.63) is 58.7 Å². The lowest BCUT2D eigenvalue weighted by Crippen LogP contribution is -2.38. The van der Waals surface area contributed by atoms with Crippen LogP contribution in [0.4, 0.5) is 0 Å². The third kappa shape index (κ3) is 3.22. The van der Waals surface area contributed by atoms with E-state index in [2.05, 4.69) is 4.98 Å². The van der Waals surface area contributed by atoms with Gasteiger partial charge < -0.3 is 19.4 Å². The molecule has 4 rings (SSSR count). The molecule has 1 N–H and O–H groups in total. The van der Waals surface area contributed by atoms with Crippen LogP contribution in [0.1, 0.15) is 11.3 Å². The van der Waals surface area contributed by atoms with Crippen LogP contribution in [0.25, 0.3) is 10.9 Å². The molecule has 1 aliphatic rings. The summed E-state index contributed by atoms with van der Waals surface area (Å²) in [6, 6.07) is 13.0. The van der Waals surface area contributed by atoms with Crippen molar-refractivity contribution in [1.82, 2.24) is 9.88 Å². The minimum absolute atomic E-state index is 0.0189. The van der Waals surface area contributed by atoms with Crippen molar-refractivity contribution in [2.24, 2.45) is 0 Å². The van der Waals surface area contributed by atoms with Gasteiger partial charge in [0.25, 0.3) is 5.91 Å². The summed E-state index contributed by atoms with van der Waals surface area (Å²) in [5.41, 5.74) is 3.42. The predicted molar refractivity (Wildman–Crippen MR) is 101 cm³/mol. The fraction of sp³-hybridized carbons (Fsp3) is 0.250. The number of nitrogens with zero attached hydrogens (tertiary/aromatic N) is 1. The molecule has 0 saturated heterocycles. The second kappa shape index (κ2) is 6.92. The van der Waals surface area contributed by atoms with Gasteiger partial charge in [0.1, 0.15) is 11.5 Å². The Hall–Kier alpha value is -2.66. The second-order valence-electron chi connectivity index (χ2n) is 6.30. The highest BCUT2D eigenvalue weighted by atomic mass is 35.5. The van der Waals surface area contributed by atoms with Gasteiger partial charge >= 0.3 is 0 Å². The first-order chi connectivity index (χ1) is 12.6. The molecule has 134 valence electrons. The topological polar surface area (TPSA) is 54.6 Å². The van der Waals surface area contributed by atoms with Crippen LogP contribution in [0.5, 0.6) is 11.5 Å². The van der Waals surface area contributed by atoms with E-state index in [1.165, 1.54) is 10.9 Å². The van der Waals surface area contributed by atoms with Crippen LogP contribution in [-0.2, 0) is 17.8 Å². The summed E-state index contributed by atoms with van der Waals surface area (Å²) in [6.07, 6.45) is 0.815. The van der Waals surface area contributed by atoms with Gasteiger partial charge in [-0.2, -0.15) is 0 Å². The third-order valence-electron chi connectivity index (χ3n) is 4.71. The molecular formula is C20H19ClN2O3. The molecule has 1 aliphatic heterocycles. The van der Waals surface area contributed by atoms with E-state index in [9.17, 15) is 4.79 Å². The summed E-state index contributed by atoms with van der Waals surface area (Å²) >= 11 is 5.85. The number of methoxy groups -OCH3 is 1. The Morgan fingerprint density at radius 2 is 1.96 bits per heavy atom. The fourth-order valence-corrected chi connectivity index (χ4v) is 3.45. The van der Waals surface area contributed by atoms with E-state index in [-0.39, 0.29) is 12.5 Å². The van der Waals surface area contributed by atoms with Gasteiger partial charge in [0.2, 0.25) is 0 Å². The van der Waals surface area contributed by atoms with Crippen molar-refractivity contribution in [3.63, 3.8) is 0 Å². The van der Waals surface area contributed by atoms with Crippen LogP contribution in [-0.4, -0.2) is 36.1 Å². The number of aromatic nitrogens is 1. The van der Waals surface area contributed by atoms with Gasteiger partial charge in [-0.25, -0.2) is 0 Å². The number of aromatic amines is 1. The molecule has 0 unspecified atom stereocenters. The number of carbonyl (C=O) groups excluding carboxylic acids is 1. The third-order valence-corrected chi connectivity index (χ3v) is 4.96. The van der Waals surface area contributed by atoms with Crippen molar-refractivity contribution in [2.45, 2.75) is 13.0 Å². The summed E-state index contributed by atoms with van der Waals surface area (Å²) in [5.74, 6) is 1.45. The maximum absolute atomic E-state index is 12.5. The molecule has 2 aromatic carbocycles. The normalized spacial score (nSPS) is 13.5. The van der Waals surface area contributed by atoms with Crippen LogP contribution >= 0.6 is 11.6 Å². The van der Waals surface area contributed by atoms with Gasteiger partial charge in [-0.05, 0) is 54.4 Å². The molecule has 1 amide bonds. The Bertz CT molecular complexity index is 950. The van der Waals surface area contributed by atoms with Crippen LogP contribution in [0.3, 0.4) is 0 Å². The largest absolute Gasteiger partial charge is 0.497 e. The maximum atomic E-state index is 12.5. The van der Waals surface area contributed by atoms with Crippen LogP contribution < -0.4 is 9.47 Å². The summed E-state index contributed by atoms with van der Waals surface area (Å²) < 4.78 is 10.9. The van der Waals surface area contributed by atoms with Crippen LogP contribution in [0.2, 0.25) is 5.02 Å². The predicted octanol–water partition coefficient (Wildman–Crippen LogP) is 3.79. The number of ether oxygens (including phenoxy) is 2. The van der Waals surface area contributed by atoms with Crippen molar-refractivity contribution < 1.29 is 14.3 Å². The molecule has 6 heteroatoms. The number of hydrogen-bond donors (Lipinski definition) is 1. The average Bonchev–Trinajstić information content (AvgIpc) is 3.04. The molecule has 0 aliphatic carbocycles. The lowest BCUT2D eigenvalue weighted by atomic mass is 10.0. The Labute approximate surface area is 156 Å². The molecule has 0 spiro atoms. The summed E-state index contributed by atoms with van der Waals surface area (Å²) in [4.78, 5) is 17.8. The number of halogens is 1. The number of nitrogens with one attached hydrogen (secondary N) is 1. The molecule has 26 heavy (non-hydrogen) atoms. The van der Waals surface area contributed by atoms with Gasteiger partial charge in [-0.3, -0.25) is 4.79 Å². The van der Waals surface area contributed by atoms with Crippen molar-refractivity contribution in [3.8, 4) is 11.5 Å². The number of rotatable bonds is 4. The van der Waals surface area contributed by atoms with E-state index in [0.717, 1.165) is 23.4 Å². The monoisotopic (exact) mass is 370 g/mol. The van der Waals surface area contributed by atoms with E-state index in [1.54, 1.807) is 31.4 Å². The Morgan fingerprint density at radius 1 is 1.19 bits per heavy atom. The first-order valence-electron chi connectivity index (χ1n) is 8.47. The highest BCUT2D eigenvalue weighted by Gasteiger charge is 2.24. The van der Waals surface area contributed by atoms with Gasteiger partial charge in [0, 0.05) is 28.2 Å². The van der Waals surface area contributed by atoms with Gasteiger partial charge in [0.15, 0.2) is 6.61 Å². The van der Waals surface area contributed by atoms with E-state index < -0.39 is 0 Å². The quantitative estimate of drug-likeness (QED) is 0.760. The standard InChI is InChI=1S/C20H19ClN2O3/c1-25-15-6-7-18-17(10-15)16-8-9-23(11-19(16)22-18)20(24)12-26-14-4-2-13(21)3-5-14/h2-7,10,22H,8-9,11-12H2,1H3. The molecule has 3 aromatic rings. The number of H-pyrrole nitrogens is 1. The molecule has 0 saturated carbocycles. The maximum Gasteiger partial charge on any atom is 0.260 e.